The Morgan fingerprint density at radius 2 is 1.88 bits per heavy atom. The van der Waals surface area contributed by atoms with Crippen molar-refractivity contribution in [3.8, 4) is 11.6 Å². The van der Waals surface area contributed by atoms with Gasteiger partial charge in [-0.1, -0.05) is 17.7 Å². The number of carbonyl (C=O) groups excluding carboxylic acids is 1. The Balaban J connectivity index is 1.34. The van der Waals surface area contributed by atoms with Crippen LogP contribution in [0.5, 0.6) is 5.88 Å². The summed E-state index contributed by atoms with van der Waals surface area (Å²) in [6, 6.07) is 6.71. The van der Waals surface area contributed by atoms with Gasteiger partial charge >= 0.3 is 12.1 Å². The van der Waals surface area contributed by atoms with Gasteiger partial charge < -0.3 is 25.4 Å². The van der Waals surface area contributed by atoms with Gasteiger partial charge in [0, 0.05) is 42.5 Å². The Kier molecular flexibility index (Phi) is 8.25. The van der Waals surface area contributed by atoms with Gasteiger partial charge in [0.05, 0.1) is 11.4 Å². The van der Waals surface area contributed by atoms with Gasteiger partial charge in [0.25, 0.3) is 0 Å². The summed E-state index contributed by atoms with van der Waals surface area (Å²) in [5.41, 5.74) is 5.85. The van der Waals surface area contributed by atoms with E-state index in [1.165, 1.54) is 28.9 Å². The number of hydrogen-bond acceptors (Lipinski definition) is 9. The summed E-state index contributed by atoms with van der Waals surface area (Å²) < 4.78 is 55.9. The van der Waals surface area contributed by atoms with Gasteiger partial charge in [0.1, 0.15) is 17.5 Å². The lowest BCUT2D eigenvalue weighted by Crippen LogP contribution is -2.41. The minimum absolute atomic E-state index is 0.0901. The maximum atomic E-state index is 14.5. The molecule has 2 aliphatic rings. The molecule has 0 bridgehead atoms. The zero-order valence-corrected chi connectivity index (χ0v) is 25.2. The number of nitrogens with two attached hydrogens (primary N) is 1. The highest BCUT2D eigenvalue weighted by Gasteiger charge is 2.46. The highest BCUT2D eigenvalue weighted by molar-refractivity contribution is 6.30. The van der Waals surface area contributed by atoms with Crippen LogP contribution in [0.25, 0.3) is 5.69 Å². The minimum Gasteiger partial charge on any atom is -0.459 e. The standard InChI is InChI=1S/C29H35ClF3N7O3/c1-17-7-10-40(38-17)21-13-18(30)5-6-19(21)24(29(31,32)33)42-23-14-22(36-26(34)37-23)39-11-8-28(9-12-39)15-20(35-16-28)25(41)43-27(2,3)4/h5-7,10,13-14,20,24,35H,8-9,11-12,15-16H2,1-4H3,(H2,34,36,37)/t20?,24-/m1/s1. The number of alkyl halides is 3. The number of anilines is 2. The van der Waals surface area contributed by atoms with E-state index in [1.807, 2.05) is 25.7 Å². The number of aromatic nitrogens is 4. The van der Waals surface area contributed by atoms with Gasteiger partial charge in [-0.3, -0.25) is 4.79 Å². The SMILES string of the molecule is Cc1ccn(-c2cc(Cl)ccc2[C@@H](Oc2cc(N3CCC4(CC3)CNC(C(=O)OC(C)(C)C)C4)nc(N)n2)C(F)(F)F)n1. The summed E-state index contributed by atoms with van der Waals surface area (Å²) in [4.78, 5) is 22.8. The molecule has 0 aliphatic carbocycles. The van der Waals surface area contributed by atoms with Crippen molar-refractivity contribution in [1.82, 2.24) is 25.1 Å². The Morgan fingerprint density at radius 1 is 1.16 bits per heavy atom. The molecule has 3 N–H and O–H groups in total. The molecule has 43 heavy (non-hydrogen) atoms. The summed E-state index contributed by atoms with van der Waals surface area (Å²) >= 11 is 6.14. The first kappa shape index (κ1) is 30.9. The van der Waals surface area contributed by atoms with Crippen LogP contribution < -0.4 is 20.7 Å². The first-order valence-corrected chi connectivity index (χ1v) is 14.4. The highest BCUT2D eigenvalue weighted by atomic mass is 35.5. The molecule has 232 valence electrons. The molecule has 10 nitrogen and oxygen atoms in total. The lowest BCUT2D eigenvalue weighted by atomic mass is 9.76. The smallest absolute Gasteiger partial charge is 0.429 e. The lowest BCUT2D eigenvalue weighted by molar-refractivity contribution is -0.198. The fourth-order valence-corrected chi connectivity index (χ4v) is 5.78. The van der Waals surface area contributed by atoms with E-state index >= 15 is 0 Å². The average molecular weight is 622 g/mol. The number of aryl methyl sites for hydroxylation is 1. The average Bonchev–Trinajstić information content (AvgIpc) is 3.53. The quantitative estimate of drug-likeness (QED) is 0.359. The predicted molar refractivity (Wildman–Crippen MR) is 155 cm³/mol. The topological polar surface area (TPSA) is 120 Å². The summed E-state index contributed by atoms with van der Waals surface area (Å²) in [6.07, 6.45) is -3.47. The first-order valence-electron chi connectivity index (χ1n) is 14.0. The van der Waals surface area contributed by atoms with Crippen LogP contribution in [-0.2, 0) is 9.53 Å². The molecule has 2 fully saturated rings. The maximum absolute atomic E-state index is 14.5. The van der Waals surface area contributed by atoms with Crippen LogP contribution >= 0.6 is 11.6 Å². The van der Waals surface area contributed by atoms with E-state index in [1.54, 1.807) is 19.2 Å². The van der Waals surface area contributed by atoms with Crippen LogP contribution in [0.2, 0.25) is 5.02 Å². The Labute approximate surface area is 252 Å². The number of rotatable bonds is 6. The predicted octanol–water partition coefficient (Wildman–Crippen LogP) is 5.18. The number of halogens is 4. The second-order valence-corrected chi connectivity index (χ2v) is 12.7. The van der Waals surface area contributed by atoms with Crippen molar-refractivity contribution in [3.63, 3.8) is 0 Å². The molecule has 2 aliphatic heterocycles. The van der Waals surface area contributed by atoms with Gasteiger partial charge in [-0.15, -0.1) is 0 Å². The molecule has 2 saturated heterocycles. The number of benzene rings is 1. The third kappa shape index (κ3) is 7.15. The molecule has 14 heteroatoms. The molecule has 0 amide bonds. The normalized spacial score (nSPS) is 19.4. The second-order valence-electron chi connectivity index (χ2n) is 12.2. The molecule has 0 radical (unpaired) electrons. The zero-order valence-electron chi connectivity index (χ0n) is 24.4. The van der Waals surface area contributed by atoms with Crippen LogP contribution in [0, 0.1) is 12.3 Å². The van der Waals surface area contributed by atoms with Crippen molar-refractivity contribution in [1.29, 1.82) is 0 Å². The Morgan fingerprint density at radius 3 is 2.51 bits per heavy atom. The van der Waals surface area contributed by atoms with E-state index in [4.69, 9.17) is 26.8 Å². The van der Waals surface area contributed by atoms with Gasteiger partial charge in [0.15, 0.2) is 0 Å². The van der Waals surface area contributed by atoms with Crippen molar-refractivity contribution in [2.24, 2.45) is 5.41 Å². The molecule has 5 rings (SSSR count). The first-order chi connectivity index (χ1) is 20.1. The van der Waals surface area contributed by atoms with Crippen molar-refractivity contribution in [2.45, 2.75) is 70.9 Å². The second kappa shape index (κ2) is 11.5. The van der Waals surface area contributed by atoms with Crippen molar-refractivity contribution in [2.75, 3.05) is 30.3 Å². The lowest BCUT2D eigenvalue weighted by Gasteiger charge is -2.39. The van der Waals surface area contributed by atoms with Crippen molar-refractivity contribution in [3.05, 3.63) is 52.8 Å². The number of nitrogens with one attached hydrogen (secondary N) is 1. The fourth-order valence-electron chi connectivity index (χ4n) is 5.61. The molecule has 1 unspecified atom stereocenters. The number of carbonyl (C=O) groups is 1. The number of nitrogens with zero attached hydrogens (tertiary/aromatic N) is 5. The minimum atomic E-state index is -4.80. The van der Waals surface area contributed by atoms with Crippen molar-refractivity contribution < 1.29 is 27.4 Å². The fraction of sp³-hybridized carbons (Fsp3) is 0.517. The molecule has 0 saturated carbocycles. The van der Waals surface area contributed by atoms with Crippen LogP contribution in [0.4, 0.5) is 24.9 Å². The highest BCUT2D eigenvalue weighted by Crippen LogP contribution is 2.42. The van der Waals surface area contributed by atoms with E-state index in [9.17, 15) is 18.0 Å². The number of piperidine rings is 1. The van der Waals surface area contributed by atoms with Crippen LogP contribution in [-0.4, -0.2) is 63.2 Å². The molecule has 2 atom stereocenters. The van der Waals surface area contributed by atoms with Crippen LogP contribution in [0.15, 0.2) is 36.5 Å². The number of esters is 1. The zero-order chi connectivity index (χ0) is 31.2. The summed E-state index contributed by atoms with van der Waals surface area (Å²) in [6.45, 7) is 9.07. The molecule has 1 aromatic carbocycles. The van der Waals surface area contributed by atoms with Crippen LogP contribution in [0.3, 0.4) is 0 Å². The number of ether oxygens (including phenoxy) is 2. The molecule has 1 spiro atoms. The van der Waals surface area contributed by atoms with Crippen LogP contribution in [0.1, 0.15) is 57.4 Å². The Bertz CT molecular complexity index is 1480. The summed E-state index contributed by atoms with van der Waals surface area (Å²) in [7, 11) is 0. The van der Waals surface area contributed by atoms with E-state index in [0.29, 0.717) is 37.6 Å². The molecule has 4 heterocycles. The summed E-state index contributed by atoms with van der Waals surface area (Å²) in [5.74, 6) is -0.412. The van der Waals surface area contributed by atoms with Crippen molar-refractivity contribution >= 4 is 29.3 Å². The van der Waals surface area contributed by atoms with E-state index in [2.05, 4.69) is 20.4 Å². The van der Waals surface area contributed by atoms with Gasteiger partial charge in [-0.05, 0) is 70.6 Å². The number of hydrogen-bond donors (Lipinski definition) is 2. The van der Waals surface area contributed by atoms with Gasteiger partial charge in [0.2, 0.25) is 17.9 Å². The van der Waals surface area contributed by atoms with E-state index in [0.717, 1.165) is 12.8 Å². The third-order valence-corrected chi connectivity index (χ3v) is 7.92. The number of nitrogen functional groups attached to an aromatic ring is 1. The molecular weight excluding hydrogens is 587 g/mol. The summed E-state index contributed by atoms with van der Waals surface area (Å²) in [5, 5.41) is 7.81. The third-order valence-electron chi connectivity index (χ3n) is 7.69. The molecular formula is C29H35ClF3N7O3. The largest absolute Gasteiger partial charge is 0.459 e. The molecule has 3 aromatic rings. The molecule has 2 aromatic heterocycles. The van der Waals surface area contributed by atoms with Gasteiger partial charge in [-0.25, -0.2) is 4.68 Å². The Hall–Kier alpha value is -3.58. The van der Waals surface area contributed by atoms with E-state index in [-0.39, 0.29) is 45.5 Å². The maximum Gasteiger partial charge on any atom is 0.429 e. The van der Waals surface area contributed by atoms with Gasteiger partial charge in [-0.2, -0.15) is 28.2 Å². The monoisotopic (exact) mass is 621 g/mol. The van der Waals surface area contributed by atoms with E-state index < -0.39 is 17.9 Å².